The zero-order valence-corrected chi connectivity index (χ0v) is 9.31. The van der Waals surface area contributed by atoms with Crippen LogP contribution in [0.1, 0.15) is 24.8 Å². The number of hydrogen-bond acceptors (Lipinski definition) is 3. The van der Waals surface area contributed by atoms with E-state index in [1.165, 1.54) is 0 Å². The zero-order valence-electron chi connectivity index (χ0n) is 9.31. The van der Waals surface area contributed by atoms with Crippen LogP contribution < -0.4 is 5.32 Å². The van der Waals surface area contributed by atoms with Gasteiger partial charge in [0.1, 0.15) is 0 Å². The molecule has 2 N–H and O–H groups in total. The van der Waals surface area contributed by atoms with Crippen molar-refractivity contribution in [3.63, 3.8) is 0 Å². The number of rotatable bonds is 3. The Balaban J connectivity index is 2.10. The maximum atomic E-state index is 11.0. The number of anilines is 1. The predicted molar refractivity (Wildman–Crippen MR) is 61.4 cm³/mol. The van der Waals surface area contributed by atoms with Crippen LogP contribution in [0.25, 0.3) is 0 Å². The van der Waals surface area contributed by atoms with Crippen LogP contribution in [-0.4, -0.2) is 22.1 Å². The minimum Gasteiger partial charge on any atom is -0.481 e. The molecular weight excluding hydrogens is 204 g/mol. The summed E-state index contributed by atoms with van der Waals surface area (Å²) < 4.78 is 0. The van der Waals surface area contributed by atoms with E-state index in [-0.39, 0.29) is 12.0 Å². The molecule has 1 saturated carbocycles. The summed E-state index contributed by atoms with van der Waals surface area (Å²) >= 11 is 0. The first-order valence-corrected chi connectivity index (χ1v) is 5.58. The van der Waals surface area contributed by atoms with Crippen molar-refractivity contribution in [3.8, 4) is 0 Å². The van der Waals surface area contributed by atoms with Gasteiger partial charge in [0.05, 0.1) is 5.92 Å². The van der Waals surface area contributed by atoms with Crippen molar-refractivity contribution in [3.05, 3.63) is 24.0 Å². The van der Waals surface area contributed by atoms with Gasteiger partial charge in [-0.2, -0.15) is 0 Å². The van der Waals surface area contributed by atoms with Crippen LogP contribution in [0.15, 0.2) is 18.5 Å². The summed E-state index contributed by atoms with van der Waals surface area (Å²) in [5.41, 5.74) is 2.05. The Morgan fingerprint density at radius 1 is 1.56 bits per heavy atom. The number of carboxylic acids is 1. The molecule has 2 rings (SSSR count). The fourth-order valence-corrected chi connectivity index (χ4v) is 2.26. The number of carboxylic acid groups (broad SMARTS) is 1. The van der Waals surface area contributed by atoms with Crippen LogP contribution in [0.4, 0.5) is 5.69 Å². The van der Waals surface area contributed by atoms with Crippen LogP contribution in [-0.2, 0) is 4.79 Å². The Hall–Kier alpha value is -1.58. The van der Waals surface area contributed by atoms with Crippen molar-refractivity contribution in [2.75, 3.05) is 5.32 Å². The van der Waals surface area contributed by atoms with E-state index in [0.717, 1.165) is 30.5 Å². The maximum absolute atomic E-state index is 11.0. The first-order valence-electron chi connectivity index (χ1n) is 5.58. The second-order valence-electron chi connectivity index (χ2n) is 4.32. The molecule has 0 amide bonds. The Kier molecular flexibility index (Phi) is 3.08. The molecule has 1 aliphatic carbocycles. The number of hydrogen-bond donors (Lipinski definition) is 2. The molecule has 2 unspecified atom stereocenters. The highest BCUT2D eigenvalue weighted by molar-refractivity contribution is 5.72. The molecule has 1 heterocycles. The van der Waals surface area contributed by atoms with E-state index in [1.54, 1.807) is 12.4 Å². The van der Waals surface area contributed by atoms with Gasteiger partial charge >= 0.3 is 5.97 Å². The molecule has 4 nitrogen and oxygen atoms in total. The first-order chi connectivity index (χ1) is 7.68. The molecule has 1 aromatic rings. The summed E-state index contributed by atoms with van der Waals surface area (Å²) in [5.74, 6) is -0.950. The summed E-state index contributed by atoms with van der Waals surface area (Å²) in [7, 11) is 0. The Morgan fingerprint density at radius 2 is 2.38 bits per heavy atom. The number of aryl methyl sites for hydroxylation is 1. The molecule has 2 atom stereocenters. The average Bonchev–Trinajstić information content (AvgIpc) is 2.69. The number of aromatic nitrogens is 1. The minimum atomic E-state index is -0.693. The second kappa shape index (κ2) is 4.51. The van der Waals surface area contributed by atoms with E-state index in [0.29, 0.717) is 0 Å². The molecule has 0 saturated heterocycles. The van der Waals surface area contributed by atoms with E-state index in [1.807, 2.05) is 13.0 Å². The lowest BCUT2D eigenvalue weighted by molar-refractivity contribution is -0.141. The van der Waals surface area contributed by atoms with Gasteiger partial charge in [-0.05, 0) is 31.4 Å². The molecule has 0 aliphatic heterocycles. The van der Waals surface area contributed by atoms with Crippen molar-refractivity contribution in [1.82, 2.24) is 4.98 Å². The quantitative estimate of drug-likeness (QED) is 0.818. The van der Waals surface area contributed by atoms with Gasteiger partial charge in [0, 0.05) is 24.1 Å². The molecule has 0 aromatic carbocycles. The summed E-state index contributed by atoms with van der Waals surface area (Å²) in [6, 6.07) is 1.95. The molecule has 0 spiro atoms. The molecule has 1 aliphatic rings. The van der Waals surface area contributed by atoms with Crippen LogP contribution in [0.5, 0.6) is 0 Å². The van der Waals surface area contributed by atoms with Crippen LogP contribution in [0.2, 0.25) is 0 Å². The molecule has 0 radical (unpaired) electrons. The molecule has 86 valence electrons. The van der Waals surface area contributed by atoms with Gasteiger partial charge in [-0.25, -0.2) is 0 Å². The van der Waals surface area contributed by atoms with Crippen molar-refractivity contribution in [2.24, 2.45) is 5.92 Å². The van der Waals surface area contributed by atoms with Gasteiger partial charge in [-0.15, -0.1) is 0 Å². The topological polar surface area (TPSA) is 62.2 Å². The SMILES string of the molecule is Cc1cnccc1NC1CCCC1C(=O)O. The smallest absolute Gasteiger partial charge is 0.308 e. The van der Waals surface area contributed by atoms with Crippen molar-refractivity contribution in [2.45, 2.75) is 32.2 Å². The van der Waals surface area contributed by atoms with Gasteiger partial charge in [-0.3, -0.25) is 9.78 Å². The number of carbonyl (C=O) groups is 1. The second-order valence-corrected chi connectivity index (χ2v) is 4.32. The third-order valence-electron chi connectivity index (χ3n) is 3.19. The van der Waals surface area contributed by atoms with Crippen LogP contribution >= 0.6 is 0 Å². The minimum absolute atomic E-state index is 0.0543. The monoisotopic (exact) mass is 220 g/mol. The van der Waals surface area contributed by atoms with Crippen molar-refractivity contribution < 1.29 is 9.90 Å². The molecule has 1 fully saturated rings. The molecule has 16 heavy (non-hydrogen) atoms. The van der Waals surface area contributed by atoms with E-state index in [9.17, 15) is 4.79 Å². The van der Waals surface area contributed by atoms with E-state index >= 15 is 0 Å². The molecule has 4 heteroatoms. The maximum Gasteiger partial charge on any atom is 0.308 e. The lowest BCUT2D eigenvalue weighted by Crippen LogP contribution is -2.29. The highest BCUT2D eigenvalue weighted by Gasteiger charge is 2.32. The zero-order chi connectivity index (χ0) is 11.5. The van der Waals surface area contributed by atoms with Gasteiger partial charge in [0.2, 0.25) is 0 Å². The summed E-state index contributed by atoms with van der Waals surface area (Å²) in [6.45, 7) is 1.97. The number of aliphatic carboxylic acids is 1. The van der Waals surface area contributed by atoms with E-state index in [2.05, 4.69) is 10.3 Å². The fraction of sp³-hybridized carbons (Fsp3) is 0.500. The van der Waals surface area contributed by atoms with Crippen molar-refractivity contribution >= 4 is 11.7 Å². The third kappa shape index (κ3) is 2.15. The van der Waals surface area contributed by atoms with Gasteiger partial charge in [0.15, 0.2) is 0 Å². The standard InChI is InChI=1S/C12H16N2O2/c1-8-7-13-6-5-10(8)14-11-4-2-3-9(11)12(15)16/h5-7,9,11H,2-4H2,1H3,(H,13,14)(H,15,16). The summed E-state index contributed by atoms with van der Waals surface area (Å²) in [4.78, 5) is 15.1. The average molecular weight is 220 g/mol. The summed E-state index contributed by atoms with van der Waals surface area (Å²) in [6.07, 6.45) is 6.20. The van der Waals surface area contributed by atoms with Gasteiger partial charge in [0.25, 0.3) is 0 Å². The highest BCUT2D eigenvalue weighted by Crippen LogP contribution is 2.29. The highest BCUT2D eigenvalue weighted by atomic mass is 16.4. The summed E-state index contributed by atoms with van der Waals surface area (Å²) in [5, 5.41) is 12.4. The molecule has 1 aromatic heterocycles. The molecular formula is C12H16N2O2. The first kappa shape index (κ1) is 10.9. The predicted octanol–water partition coefficient (Wildman–Crippen LogP) is 2.06. The normalized spacial score (nSPS) is 24.3. The van der Waals surface area contributed by atoms with Crippen molar-refractivity contribution in [1.29, 1.82) is 0 Å². The van der Waals surface area contributed by atoms with Gasteiger partial charge < -0.3 is 10.4 Å². The number of pyridine rings is 1. The molecule has 0 bridgehead atoms. The Labute approximate surface area is 94.7 Å². The Bertz CT molecular complexity index is 392. The largest absolute Gasteiger partial charge is 0.481 e. The fourth-order valence-electron chi connectivity index (χ4n) is 2.26. The Morgan fingerprint density at radius 3 is 3.06 bits per heavy atom. The van der Waals surface area contributed by atoms with Gasteiger partial charge in [-0.1, -0.05) is 6.42 Å². The van der Waals surface area contributed by atoms with Crippen LogP contribution in [0, 0.1) is 12.8 Å². The third-order valence-corrected chi connectivity index (χ3v) is 3.19. The van der Waals surface area contributed by atoms with E-state index in [4.69, 9.17) is 5.11 Å². The number of nitrogens with zero attached hydrogens (tertiary/aromatic N) is 1. The number of nitrogens with one attached hydrogen (secondary N) is 1. The lowest BCUT2D eigenvalue weighted by Gasteiger charge is -2.19. The lowest BCUT2D eigenvalue weighted by atomic mass is 10.0. The van der Waals surface area contributed by atoms with E-state index < -0.39 is 5.97 Å². The van der Waals surface area contributed by atoms with Crippen LogP contribution in [0.3, 0.4) is 0 Å².